The second-order valence-corrected chi connectivity index (χ2v) is 10.6. The summed E-state index contributed by atoms with van der Waals surface area (Å²) in [4.78, 5) is 15.4. The summed E-state index contributed by atoms with van der Waals surface area (Å²) in [7, 11) is 3.25. The number of unbranched alkanes of at least 4 members (excludes halogenated alkanes) is 1. The first kappa shape index (κ1) is 22.2. The number of aromatic nitrogens is 1. The fraction of sp³-hybridized carbons (Fsp3) is 0.480. The normalized spacial score (nSPS) is 15.4. The van der Waals surface area contributed by atoms with Crippen LogP contribution in [0.5, 0.6) is 11.5 Å². The molecule has 0 bridgehead atoms. The van der Waals surface area contributed by atoms with Gasteiger partial charge in [0, 0.05) is 0 Å². The minimum atomic E-state index is 0.0365. The van der Waals surface area contributed by atoms with Gasteiger partial charge in [0.25, 0.3) is 0 Å². The molecule has 0 amide bonds. The van der Waals surface area contributed by atoms with Crippen LogP contribution >= 0.6 is 0 Å². The maximum atomic E-state index is 12.8. The molecule has 0 radical (unpaired) electrons. The number of piperidine rings is 1. The quantitative estimate of drug-likeness (QED) is 0.336. The number of benzene rings is 2. The van der Waals surface area contributed by atoms with Crippen molar-refractivity contribution in [2.75, 3.05) is 27.3 Å². The number of hydrogen-bond donors (Lipinski definition) is 0. The molecule has 166 valence electrons. The predicted molar refractivity (Wildman–Crippen MR) is 127 cm³/mol. The van der Waals surface area contributed by atoms with Crippen LogP contribution in [0.15, 0.2) is 47.3 Å². The van der Waals surface area contributed by atoms with E-state index in [1.54, 1.807) is 14.2 Å². The van der Waals surface area contributed by atoms with E-state index in [0.29, 0.717) is 11.5 Å². The fourth-order valence-electron chi connectivity index (χ4n) is 4.51. The third-order valence-corrected chi connectivity index (χ3v) is 8.65. The van der Waals surface area contributed by atoms with Crippen LogP contribution in [0.2, 0.25) is 0 Å². The number of likely N-dealkylation sites (tertiary alicyclic amines) is 1. The number of aryl methyl sites for hydroxylation is 1. The summed E-state index contributed by atoms with van der Waals surface area (Å²) in [5.41, 5.74) is 1.56. The van der Waals surface area contributed by atoms with Crippen LogP contribution in [0.4, 0.5) is 0 Å². The van der Waals surface area contributed by atoms with Crippen molar-refractivity contribution in [1.29, 1.82) is 0 Å². The number of ether oxygens (including phenoxy) is 2. The molecule has 1 aliphatic rings. The Kier molecular flexibility index (Phi) is 7.54. The number of methoxy groups -OCH3 is 2. The van der Waals surface area contributed by atoms with E-state index in [0.717, 1.165) is 35.1 Å². The first-order chi connectivity index (χ1) is 15.2. The predicted octanol–water partition coefficient (Wildman–Crippen LogP) is 4.16. The molecule has 1 fully saturated rings. The molecule has 6 heteroatoms. The van der Waals surface area contributed by atoms with E-state index in [1.165, 1.54) is 44.3 Å². The van der Waals surface area contributed by atoms with Crippen LogP contribution in [0.3, 0.4) is 0 Å². The fourth-order valence-corrected chi connectivity index (χ4v) is 6.70. The van der Waals surface area contributed by atoms with Gasteiger partial charge in [-0.05, 0) is 0 Å². The molecule has 0 N–H and O–H groups in total. The van der Waals surface area contributed by atoms with Gasteiger partial charge in [0.1, 0.15) is 0 Å². The van der Waals surface area contributed by atoms with Gasteiger partial charge in [0.05, 0.1) is 0 Å². The van der Waals surface area contributed by atoms with Gasteiger partial charge in [0.2, 0.25) is 0 Å². The molecule has 3 aromatic rings. The van der Waals surface area contributed by atoms with Crippen LogP contribution in [0, 0.1) is 5.92 Å². The van der Waals surface area contributed by atoms with Crippen LogP contribution < -0.4 is 15.0 Å². The monoisotopic (exact) mass is 488 g/mol. The summed E-state index contributed by atoms with van der Waals surface area (Å²) >= 11 is 0.0365. The van der Waals surface area contributed by atoms with Gasteiger partial charge in [-0.2, -0.15) is 0 Å². The summed E-state index contributed by atoms with van der Waals surface area (Å²) < 4.78 is 13.9. The van der Waals surface area contributed by atoms with E-state index in [2.05, 4.69) is 35.2 Å². The van der Waals surface area contributed by atoms with Crippen molar-refractivity contribution in [3.8, 4) is 11.5 Å². The van der Waals surface area contributed by atoms with E-state index in [1.807, 2.05) is 15.7 Å². The Morgan fingerprint density at radius 3 is 2.42 bits per heavy atom. The van der Waals surface area contributed by atoms with E-state index in [-0.39, 0.29) is 20.3 Å². The SMILES string of the molecule is COc1cc2[se]n(CCCCC3CCN(Cc4ccccc4)CC3)c(=O)c2cc1OC. The number of fused-ring (bicyclic) bond motifs is 1. The van der Waals surface area contributed by atoms with E-state index in [4.69, 9.17) is 9.47 Å². The number of hydrogen-bond acceptors (Lipinski definition) is 4. The summed E-state index contributed by atoms with van der Waals surface area (Å²) in [5.74, 6) is 2.17. The van der Waals surface area contributed by atoms with E-state index < -0.39 is 0 Å². The molecule has 2 aromatic carbocycles. The molecule has 1 aliphatic heterocycles. The van der Waals surface area contributed by atoms with Gasteiger partial charge in [-0.3, -0.25) is 0 Å². The molecule has 1 saturated heterocycles. The Morgan fingerprint density at radius 1 is 1.00 bits per heavy atom. The molecule has 0 saturated carbocycles. The summed E-state index contributed by atoms with van der Waals surface area (Å²) in [5, 5.41) is 0.781. The average molecular weight is 488 g/mol. The van der Waals surface area contributed by atoms with Crippen LogP contribution in [0.1, 0.15) is 37.7 Å². The van der Waals surface area contributed by atoms with E-state index in [9.17, 15) is 4.79 Å². The Hall–Kier alpha value is -2.01. The average Bonchev–Trinajstić information content (AvgIpc) is 3.12. The molecular formula is C25H32N2O3Se. The molecule has 0 unspecified atom stereocenters. The Morgan fingerprint density at radius 2 is 1.71 bits per heavy atom. The first-order valence-electron chi connectivity index (χ1n) is 11.2. The Bertz CT molecular complexity index is 1040. The zero-order valence-electron chi connectivity index (χ0n) is 18.5. The third kappa shape index (κ3) is 5.43. The van der Waals surface area contributed by atoms with Crippen molar-refractivity contribution in [2.24, 2.45) is 5.92 Å². The van der Waals surface area contributed by atoms with Crippen molar-refractivity contribution in [3.63, 3.8) is 0 Å². The topological polar surface area (TPSA) is 43.7 Å². The third-order valence-electron chi connectivity index (χ3n) is 6.33. The van der Waals surface area contributed by atoms with Crippen molar-refractivity contribution in [3.05, 3.63) is 58.4 Å². The Balaban J connectivity index is 1.23. The van der Waals surface area contributed by atoms with Gasteiger partial charge in [-0.25, -0.2) is 0 Å². The van der Waals surface area contributed by atoms with Crippen LogP contribution in [-0.2, 0) is 13.1 Å². The number of rotatable bonds is 9. The van der Waals surface area contributed by atoms with Crippen molar-refractivity contribution >= 4 is 24.4 Å². The molecular weight excluding hydrogens is 455 g/mol. The molecule has 0 atom stereocenters. The maximum absolute atomic E-state index is 12.8. The van der Waals surface area contributed by atoms with Crippen molar-refractivity contribution in [2.45, 2.75) is 45.2 Å². The molecule has 2 heterocycles. The summed E-state index contributed by atoms with van der Waals surface area (Å²) in [6.45, 7) is 4.33. The molecule has 4 rings (SSSR count). The standard InChI is InChI=1S/C25H32N2O3Se/c1-29-22-16-21-24(17-23(22)30-2)31-27(25(21)28)13-7-6-8-19-11-14-26(15-12-19)18-20-9-4-3-5-10-20/h3-5,9-10,16-17,19H,6-8,11-15,18H2,1-2H3. The van der Waals surface area contributed by atoms with Gasteiger partial charge >= 0.3 is 172 Å². The molecule has 0 aliphatic carbocycles. The summed E-state index contributed by atoms with van der Waals surface area (Å²) in [6.07, 6.45) is 6.16. The van der Waals surface area contributed by atoms with Gasteiger partial charge < -0.3 is 0 Å². The zero-order valence-corrected chi connectivity index (χ0v) is 20.2. The molecule has 1 aromatic heterocycles. The van der Waals surface area contributed by atoms with E-state index >= 15 is 0 Å². The summed E-state index contributed by atoms with van der Waals surface area (Å²) in [6, 6.07) is 14.6. The van der Waals surface area contributed by atoms with Gasteiger partial charge in [-0.15, -0.1) is 0 Å². The van der Waals surface area contributed by atoms with Crippen molar-refractivity contribution in [1.82, 2.24) is 8.46 Å². The van der Waals surface area contributed by atoms with Crippen LogP contribution in [0.25, 0.3) is 9.65 Å². The van der Waals surface area contributed by atoms with Crippen LogP contribution in [-0.4, -0.2) is 50.5 Å². The van der Waals surface area contributed by atoms with Gasteiger partial charge in [-0.1, -0.05) is 18.2 Å². The zero-order chi connectivity index (χ0) is 21.6. The minimum absolute atomic E-state index is 0.0365. The first-order valence-corrected chi connectivity index (χ1v) is 12.8. The number of nitrogens with zero attached hydrogens (tertiary/aromatic N) is 2. The molecule has 5 nitrogen and oxygen atoms in total. The second-order valence-electron chi connectivity index (χ2n) is 8.40. The molecule has 0 spiro atoms. The van der Waals surface area contributed by atoms with Gasteiger partial charge in [0.15, 0.2) is 0 Å². The Labute approximate surface area is 190 Å². The second kappa shape index (κ2) is 10.5. The molecule has 31 heavy (non-hydrogen) atoms. The van der Waals surface area contributed by atoms with Crippen molar-refractivity contribution < 1.29 is 9.47 Å².